The lowest BCUT2D eigenvalue weighted by atomic mass is 10.0. The Kier molecular flexibility index (Phi) is 4.19. The van der Waals surface area contributed by atoms with Crippen LogP contribution in [0.25, 0.3) is 0 Å². The lowest BCUT2D eigenvalue weighted by Crippen LogP contribution is -2.51. The smallest absolute Gasteiger partial charge is 0.227 e. The average Bonchev–Trinajstić information content (AvgIpc) is 3.35. The summed E-state index contributed by atoms with van der Waals surface area (Å²) >= 11 is 0. The van der Waals surface area contributed by atoms with Gasteiger partial charge in [0.15, 0.2) is 0 Å². The molecule has 22 heavy (non-hydrogen) atoms. The molecule has 1 aliphatic heterocycles. The number of rotatable bonds is 3. The molecule has 0 atom stereocenters. The first kappa shape index (κ1) is 15.1. The predicted molar refractivity (Wildman–Crippen MR) is 85.5 cm³/mol. The zero-order chi connectivity index (χ0) is 15.7. The van der Waals surface area contributed by atoms with E-state index in [0.29, 0.717) is 38.5 Å². The minimum absolute atomic E-state index is 0.168. The third-order valence-electron chi connectivity index (χ3n) is 4.80. The highest BCUT2D eigenvalue weighted by Crippen LogP contribution is 2.31. The highest BCUT2D eigenvalue weighted by molar-refractivity contribution is 5.82. The number of hydrogen-bond acceptors (Lipinski definition) is 2. The van der Waals surface area contributed by atoms with E-state index >= 15 is 0 Å². The highest BCUT2D eigenvalue weighted by atomic mass is 16.2. The molecule has 2 amide bonds. The molecular weight excluding hydrogens is 276 g/mol. The maximum atomic E-state index is 12.4. The summed E-state index contributed by atoms with van der Waals surface area (Å²) in [7, 11) is 0. The minimum Gasteiger partial charge on any atom is -0.339 e. The van der Waals surface area contributed by atoms with E-state index < -0.39 is 0 Å². The molecular formula is C18H24N2O2. The number of aryl methyl sites for hydroxylation is 2. The highest BCUT2D eigenvalue weighted by Gasteiger charge is 2.35. The molecule has 0 spiro atoms. The Balaban J connectivity index is 1.53. The summed E-state index contributed by atoms with van der Waals surface area (Å²) in [6, 6.07) is 6.21. The van der Waals surface area contributed by atoms with Gasteiger partial charge in [0.25, 0.3) is 0 Å². The molecule has 0 unspecified atom stereocenters. The molecule has 0 radical (unpaired) electrons. The first-order valence-electron chi connectivity index (χ1n) is 8.17. The van der Waals surface area contributed by atoms with E-state index in [1.165, 1.54) is 11.1 Å². The van der Waals surface area contributed by atoms with Crippen LogP contribution < -0.4 is 0 Å². The molecule has 4 heteroatoms. The van der Waals surface area contributed by atoms with Crippen molar-refractivity contribution in [2.75, 3.05) is 26.2 Å². The van der Waals surface area contributed by atoms with Gasteiger partial charge >= 0.3 is 0 Å². The van der Waals surface area contributed by atoms with Gasteiger partial charge in [-0.3, -0.25) is 9.59 Å². The number of nitrogens with zero attached hydrogens (tertiary/aromatic N) is 2. The molecule has 0 aromatic heterocycles. The van der Waals surface area contributed by atoms with E-state index in [-0.39, 0.29) is 11.8 Å². The van der Waals surface area contributed by atoms with Crippen molar-refractivity contribution < 1.29 is 9.59 Å². The molecule has 0 N–H and O–H groups in total. The van der Waals surface area contributed by atoms with Gasteiger partial charge in [0.2, 0.25) is 11.8 Å². The summed E-state index contributed by atoms with van der Waals surface area (Å²) in [5, 5.41) is 0. The Morgan fingerprint density at radius 1 is 1.00 bits per heavy atom. The molecule has 3 rings (SSSR count). The van der Waals surface area contributed by atoms with Gasteiger partial charge in [-0.15, -0.1) is 0 Å². The Morgan fingerprint density at radius 3 is 2.23 bits per heavy atom. The topological polar surface area (TPSA) is 40.6 Å². The van der Waals surface area contributed by atoms with Gasteiger partial charge in [-0.25, -0.2) is 0 Å². The van der Waals surface area contributed by atoms with Gasteiger partial charge in [-0.1, -0.05) is 18.2 Å². The van der Waals surface area contributed by atoms with Crippen LogP contribution in [0, 0.1) is 19.8 Å². The fourth-order valence-electron chi connectivity index (χ4n) is 2.96. The number of hydrogen-bond donors (Lipinski definition) is 0. The summed E-state index contributed by atoms with van der Waals surface area (Å²) in [5.74, 6) is 0.737. The first-order valence-corrected chi connectivity index (χ1v) is 8.17. The van der Waals surface area contributed by atoms with Crippen LogP contribution in [0.4, 0.5) is 0 Å². The SMILES string of the molecule is Cc1ccc(CC(=O)N2CCN(C(=O)C3CC3)CC2)cc1C. The second kappa shape index (κ2) is 6.11. The van der Waals surface area contributed by atoms with Gasteiger partial charge in [0, 0.05) is 32.1 Å². The molecule has 2 fully saturated rings. The van der Waals surface area contributed by atoms with Crippen molar-refractivity contribution in [1.82, 2.24) is 9.80 Å². The van der Waals surface area contributed by atoms with E-state index in [1.54, 1.807) is 0 Å². The van der Waals surface area contributed by atoms with Gasteiger partial charge in [-0.05, 0) is 43.4 Å². The van der Waals surface area contributed by atoms with Crippen molar-refractivity contribution in [2.45, 2.75) is 33.1 Å². The molecule has 0 bridgehead atoms. The summed E-state index contributed by atoms with van der Waals surface area (Å²) in [6.07, 6.45) is 2.55. The van der Waals surface area contributed by atoms with Crippen LogP contribution in [0.2, 0.25) is 0 Å². The molecule has 2 aliphatic rings. The fourth-order valence-corrected chi connectivity index (χ4v) is 2.96. The second-order valence-electron chi connectivity index (χ2n) is 6.58. The van der Waals surface area contributed by atoms with E-state index in [0.717, 1.165) is 18.4 Å². The molecule has 1 saturated heterocycles. The number of amides is 2. The zero-order valence-electron chi connectivity index (χ0n) is 13.5. The predicted octanol–water partition coefficient (Wildman–Crippen LogP) is 1.93. The van der Waals surface area contributed by atoms with Crippen LogP contribution in [0.3, 0.4) is 0 Å². The maximum absolute atomic E-state index is 12.4. The average molecular weight is 300 g/mol. The van der Waals surface area contributed by atoms with Gasteiger partial charge in [0.1, 0.15) is 0 Å². The second-order valence-corrected chi connectivity index (χ2v) is 6.58. The third kappa shape index (κ3) is 3.32. The quantitative estimate of drug-likeness (QED) is 0.856. The molecule has 1 heterocycles. The van der Waals surface area contributed by atoms with Crippen LogP contribution in [0.15, 0.2) is 18.2 Å². The summed E-state index contributed by atoms with van der Waals surface area (Å²) in [5.41, 5.74) is 3.55. The summed E-state index contributed by atoms with van der Waals surface area (Å²) < 4.78 is 0. The van der Waals surface area contributed by atoms with Gasteiger partial charge < -0.3 is 9.80 Å². The Hall–Kier alpha value is -1.84. The molecule has 118 valence electrons. The van der Waals surface area contributed by atoms with Crippen LogP contribution in [-0.2, 0) is 16.0 Å². The number of carbonyl (C=O) groups excluding carboxylic acids is 2. The monoisotopic (exact) mass is 300 g/mol. The van der Waals surface area contributed by atoms with Crippen LogP contribution in [0.5, 0.6) is 0 Å². The van der Waals surface area contributed by atoms with Crippen molar-refractivity contribution in [1.29, 1.82) is 0 Å². The lowest BCUT2D eigenvalue weighted by molar-refractivity contribution is -0.140. The Labute approximate surface area is 132 Å². The first-order chi connectivity index (χ1) is 10.5. The largest absolute Gasteiger partial charge is 0.339 e. The van der Waals surface area contributed by atoms with Crippen LogP contribution in [0.1, 0.15) is 29.5 Å². The number of piperazine rings is 1. The third-order valence-corrected chi connectivity index (χ3v) is 4.80. The van der Waals surface area contributed by atoms with E-state index in [1.807, 2.05) is 15.9 Å². The van der Waals surface area contributed by atoms with Crippen LogP contribution >= 0.6 is 0 Å². The lowest BCUT2D eigenvalue weighted by Gasteiger charge is -2.35. The Morgan fingerprint density at radius 2 is 1.64 bits per heavy atom. The maximum Gasteiger partial charge on any atom is 0.227 e. The van der Waals surface area contributed by atoms with Crippen LogP contribution in [-0.4, -0.2) is 47.8 Å². The van der Waals surface area contributed by atoms with Crippen molar-refractivity contribution in [3.63, 3.8) is 0 Å². The van der Waals surface area contributed by atoms with Crippen molar-refractivity contribution in [3.8, 4) is 0 Å². The van der Waals surface area contributed by atoms with Gasteiger partial charge in [0.05, 0.1) is 6.42 Å². The van der Waals surface area contributed by atoms with E-state index in [9.17, 15) is 9.59 Å². The summed E-state index contributed by atoms with van der Waals surface area (Å²) in [4.78, 5) is 28.3. The number of carbonyl (C=O) groups is 2. The molecule has 1 aromatic rings. The fraction of sp³-hybridized carbons (Fsp3) is 0.556. The molecule has 1 aliphatic carbocycles. The van der Waals surface area contributed by atoms with Gasteiger partial charge in [-0.2, -0.15) is 0 Å². The number of benzene rings is 1. The Bertz CT molecular complexity index is 585. The molecule has 1 saturated carbocycles. The van der Waals surface area contributed by atoms with Crippen molar-refractivity contribution in [2.24, 2.45) is 5.92 Å². The molecule has 4 nitrogen and oxygen atoms in total. The summed E-state index contributed by atoms with van der Waals surface area (Å²) in [6.45, 7) is 6.87. The normalized spacial score (nSPS) is 18.5. The standard InChI is InChI=1S/C18H24N2O2/c1-13-3-4-15(11-14(13)2)12-17(21)19-7-9-20(10-8-19)18(22)16-5-6-16/h3-4,11,16H,5-10,12H2,1-2H3. The van der Waals surface area contributed by atoms with E-state index in [2.05, 4.69) is 26.0 Å². The molecule has 1 aromatic carbocycles. The zero-order valence-corrected chi connectivity index (χ0v) is 13.5. The van der Waals surface area contributed by atoms with Crippen molar-refractivity contribution >= 4 is 11.8 Å². The minimum atomic E-state index is 0.168. The van der Waals surface area contributed by atoms with E-state index in [4.69, 9.17) is 0 Å². The van der Waals surface area contributed by atoms with Crippen molar-refractivity contribution in [3.05, 3.63) is 34.9 Å².